The van der Waals surface area contributed by atoms with Gasteiger partial charge in [0.05, 0.1) is 0 Å². The van der Waals surface area contributed by atoms with Gasteiger partial charge in [0.25, 0.3) is 5.91 Å². The minimum absolute atomic E-state index is 0.135. The van der Waals surface area contributed by atoms with Crippen LogP contribution in [0.4, 0.5) is 0 Å². The fourth-order valence-corrected chi connectivity index (χ4v) is 3.27. The van der Waals surface area contributed by atoms with Crippen LogP contribution < -0.4 is 5.32 Å². The van der Waals surface area contributed by atoms with E-state index in [0.717, 1.165) is 29.6 Å². The Hall–Kier alpha value is -1.81. The van der Waals surface area contributed by atoms with E-state index in [1.54, 1.807) is 0 Å². The molecular formula is C17H23N3O. The predicted molar refractivity (Wildman–Crippen MR) is 85.7 cm³/mol. The number of carbonyl (C=O) groups excluding carboxylic acids is 1. The van der Waals surface area contributed by atoms with Crippen LogP contribution in [0.25, 0.3) is 10.9 Å². The van der Waals surface area contributed by atoms with Gasteiger partial charge in [-0.2, -0.15) is 0 Å². The van der Waals surface area contributed by atoms with Crippen LogP contribution in [0.3, 0.4) is 0 Å². The van der Waals surface area contributed by atoms with Crippen LogP contribution in [0.5, 0.6) is 0 Å². The first-order valence-electron chi connectivity index (χ1n) is 7.60. The van der Waals surface area contributed by atoms with E-state index >= 15 is 0 Å². The number of piperazine rings is 1. The van der Waals surface area contributed by atoms with E-state index in [4.69, 9.17) is 0 Å². The maximum atomic E-state index is 12.7. The standard InChI is InChI=1S/C17H23N3O/c1-10-8-20(9-11(2)18-10)17(21)14-5-6-16-15(7-14)12(3)13(4)19-16/h5-7,10-11,18-19H,8-9H2,1-4H3. The summed E-state index contributed by atoms with van der Waals surface area (Å²) in [5.41, 5.74) is 4.27. The van der Waals surface area contributed by atoms with Crippen molar-refractivity contribution < 1.29 is 4.79 Å². The summed E-state index contributed by atoms with van der Waals surface area (Å²) < 4.78 is 0. The molecule has 1 aromatic heterocycles. The Morgan fingerprint density at radius 1 is 1.19 bits per heavy atom. The molecule has 0 bridgehead atoms. The molecule has 1 aromatic carbocycles. The Labute approximate surface area is 125 Å². The van der Waals surface area contributed by atoms with E-state index in [1.165, 1.54) is 11.3 Å². The van der Waals surface area contributed by atoms with Crippen LogP contribution >= 0.6 is 0 Å². The summed E-state index contributed by atoms with van der Waals surface area (Å²) in [6, 6.07) is 6.65. The van der Waals surface area contributed by atoms with Crippen molar-refractivity contribution in [3.8, 4) is 0 Å². The maximum absolute atomic E-state index is 12.7. The molecule has 1 saturated heterocycles. The second kappa shape index (κ2) is 5.19. The normalized spacial score (nSPS) is 22.8. The number of nitrogens with one attached hydrogen (secondary N) is 2. The maximum Gasteiger partial charge on any atom is 0.253 e. The highest BCUT2D eigenvalue weighted by molar-refractivity contribution is 5.99. The largest absolute Gasteiger partial charge is 0.358 e. The predicted octanol–water partition coefficient (Wildman–Crippen LogP) is 2.61. The number of hydrogen-bond donors (Lipinski definition) is 2. The first kappa shape index (κ1) is 14.1. The summed E-state index contributed by atoms with van der Waals surface area (Å²) >= 11 is 0. The van der Waals surface area contributed by atoms with Gasteiger partial charge in [-0.15, -0.1) is 0 Å². The molecule has 2 atom stereocenters. The van der Waals surface area contributed by atoms with Crippen LogP contribution in [0.15, 0.2) is 18.2 Å². The third kappa shape index (κ3) is 2.56. The van der Waals surface area contributed by atoms with Crippen LogP contribution in [0, 0.1) is 13.8 Å². The topological polar surface area (TPSA) is 48.1 Å². The van der Waals surface area contributed by atoms with Crippen molar-refractivity contribution in [2.75, 3.05) is 13.1 Å². The van der Waals surface area contributed by atoms with Gasteiger partial charge < -0.3 is 15.2 Å². The minimum Gasteiger partial charge on any atom is -0.358 e. The molecule has 21 heavy (non-hydrogen) atoms. The van der Waals surface area contributed by atoms with Crippen molar-refractivity contribution >= 4 is 16.8 Å². The van der Waals surface area contributed by atoms with E-state index in [9.17, 15) is 4.79 Å². The summed E-state index contributed by atoms with van der Waals surface area (Å²) in [7, 11) is 0. The Bertz CT molecular complexity index is 679. The fourth-order valence-electron chi connectivity index (χ4n) is 3.27. The second-order valence-corrected chi connectivity index (χ2v) is 6.31. The Kier molecular flexibility index (Phi) is 3.49. The molecule has 4 heteroatoms. The van der Waals surface area contributed by atoms with Gasteiger partial charge in [-0.05, 0) is 51.5 Å². The Morgan fingerprint density at radius 2 is 1.86 bits per heavy atom. The highest BCUT2D eigenvalue weighted by Gasteiger charge is 2.25. The van der Waals surface area contributed by atoms with Crippen molar-refractivity contribution in [2.45, 2.75) is 39.8 Å². The molecule has 0 radical (unpaired) electrons. The van der Waals surface area contributed by atoms with Gasteiger partial charge in [-0.3, -0.25) is 4.79 Å². The number of nitrogens with zero attached hydrogens (tertiary/aromatic N) is 1. The zero-order valence-corrected chi connectivity index (χ0v) is 13.2. The van der Waals surface area contributed by atoms with Gasteiger partial charge in [0.15, 0.2) is 0 Å². The SMILES string of the molecule is Cc1[nH]c2ccc(C(=O)N3CC(C)NC(C)C3)cc2c1C. The number of carbonyl (C=O) groups is 1. The second-order valence-electron chi connectivity index (χ2n) is 6.31. The molecule has 4 nitrogen and oxygen atoms in total. The molecule has 3 rings (SSSR count). The molecule has 2 aromatic rings. The lowest BCUT2D eigenvalue weighted by Gasteiger charge is -2.36. The average molecular weight is 285 g/mol. The van der Waals surface area contributed by atoms with Crippen molar-refractivity contribution in [1.82, 2.24) is 15.2 Å². The van der Waals surface area contributed by atoms with Crippen LogP contribution in [-0.4, -0.2) is 41.0 Å². The smallest absolute Gasteiger partial charge is 0.253 e. The highest BCUT2D eigenvalue weighted by Crippen LogP contribution is 2.23. The first-order chi connectivity index (χ1) is 9.95. The molecule has 2 unspecified atom stereocenters. The quantitative estimate of drug-likeness (QED) is 0.846. The average Bonchev–Trinajstić information content (AvgIpc) is 2.72. The number of aromatic amines is 1. The monoisotopic (exact) mass is 285 g/mol. The Balaban J connectivity index is 1.92. The lowest BCUT2D eigenvalue weighted by molar-refractivity contribution is 0.0674. The van der Waals surface area contributed by atoms with Gasteiger partial charge in [0, 0.05) is 47.3 Å². The van der Waals surface area contributed by atoms with Gasteiger partial charge in [-0.25, -0.2) is 0 Å². The number of amides is 1. The molecule has 1 amide bonds. The lowest BCUT2D eigenvalue weighted by Crippen LogP contribution is -2.55. The van der Waals surface area contributed by atoms with Gasteiger partial charge in [-0.1, -0.05) is 0 Å². The Morgan fingerprint density at radius 3 is 2.52 bits per heavy atom. The molecule has 2 N–H and O–H groups in total. The summed E-state index contributed by atoms with van der Waals surface area (Å²) in [5.74, 6) is 0.135. The number of rotatable bonds is 1. The first-order valence-corrected chi connectivity index (χ1v) is 7.60. The summed E-state index contributed by atoms with van der Waals surface area (Å²) in [4.78, 5) is 18.1. The van der Waals surface area contributed by atoms with Crippen molar-refractivity contribution in [3.63, 3.8) is 0 Å². The summed E-state index contributed by atoms with van der Waals surface area (Å²) in [5, 5.41) is 4.61. The molecule has 112 valence electrons. The minimum atomic E-state index is 0.135. The molecule has 0 aliphatic carbocycles. The van der Waals surface area contributed by atoms with Crippen LogP contribution in [0.1, 0.15) is 35.5 Å². The van der Waals surface area contributed by atoms with E-state index in [-0.39, 0.29) is 5.91 Å². The highest BCUT2D eigenvalue weighted by atomic mass is 16.2. The molecule has 0 saturated carbocycles. The molecule has 1 aliphatic rings. The third-order valence-electron chi connectivity index (χ3n) is 4.40. The molecule has 1 fully saturated rings. The number of hydrogen-bond acceptors (Lipinski definition) is 2. The van der Waals surface area contributed by atoms with E-state index in [1.807, 2.05) is 23.1 Å². The van der Waals surface area contributed by atoms with Gasteiger partial charge >= 0.3 is 0 Å². The number of aryl methyl sites for hydroxylation is 2. The van der Waals surface area contributed by atoms with E-state index < -0.39 is 0 Å². The number of H-pyrrole nitrogens is 1. The number of aromatic nitrogens is 1. The van der Waals surface area contributed by atoms with Crippen molar-refractivity contribution in [3.05, 3.63) is 35.0 Å². The summed E-state index contributed by atoms with van der Waals surface area (Å²) in [6.07, 6.45) is 0. The molecule has 1 aliphatic heterocycles. The zero-order valence-electron chi connectivity index (χ0n) is 13.2. The van der Waals surface area contributed by atoms with Crippen LogP contribution in [-0.2, 0) is 0 Å². The number of benzene rings is 1. The molecule has 2 heterocycles. The number of fused-ring (bicyclic) bond motifs is 1. The van der Waals surface area contributed by atoms with Gasteiger partial charge in [0.2, 0.25) is 0 Å². The van der Waals surface area contributed by atoms with Gasteiger partial charge in [0.1, 0.15) is 0 Å². The van der Waals surface area contributed by atoms with Crippen molar-refractivity contribution in [2.24, 2.45) is 0 Å². The van der Waals surface area contributed by atoms with Crippen LogP contribution in [0.2, 0.25) is 0 Å². The summed E-state index contributed by atoms with van der Waals surface area (Å²) in [6.45, 7) is 9.95. The van der Waals surface area contributed by atoms with E-state index in [2.05, 4.69) is 38.0 Å². The lowest BCUT2D eigenvalue weighted by atomic mass is 10.1. The van der Waals surface area contributed by atoms with Crippen molar-refractivity contribution in [1.29, 1.82) is 0 Å². The zero-order chi connectivity index (χ0) is 15.1. The molecular weight excluding hydrogens is 262 g/mol. The van der Waals surface area contributed by atoms with E-state index in [0.29, 0.717) is 12.1 Å². The fraction of sp³-hybridized carbons (Fsp3) is 0.471. The molecule has 0 spiro atoms. The third-order valence-corrected chi connectivity index (χ3v) is 4.40.